The van der Waals surface area contributed by atoms with Gasteiger partial charge >= 0.3 is 0 Å². The monoisotopic (exact) mass is 255 g/mol. The number of nitrogens with one attached hydrogen (secondary N) is 1. The Hall–Kier alpha value is -1.13. The molecule has 0 heterocycles. The van der Waals surface area contributed by atoms with Gasteiger partial charge in [-0.2, -0.15) is 0 Å². The second kappa shape index (κ2) is 6.71. The summed E-state index contributed by atoms with van der Waals surface area (Å²) in [5.74, 6) is -0.0798. The highest BCUT2D eigenvalue weighted by atomic mass is 19.1. The van der Waals surface area contributed by atoms with Gasteiger partial charge in [0.2, 0.25) is 0 Å². The molecule has 0 aromatic heterocycles. The number of ether oxygens (including phenoxy) is 1. The van der Waals surface area contributed by atoms with Gasteiger partial charge in [0.15, 0.2) is 11.6 Å². The lowest BCUT2D eigenvalue weighted by molar-refractivity contribution is 0.226. The molecule has 0 bridgehead atoms. The first kappa shape index (κ1) is 14.9. The first-order valence-electron chi connectivity index (χ1n) is 6.20. The minimum absolute atomic E-state index is 0.0330. The third-order valence-corrected chi connectivity index (χ3v) is 2.41. The second-order valence-electron chi connectivity index (χ2n) is 5.26. The molecule has 2 N–H and O–H groups in total. The smallest absolute Gasteiger partial charge is 0.165 e. The van der Waals surface area contributed by atoms with Crippen LogP contribution in [0.4, 0.5) is 4.39 Å². The first-order valence-corrected chi connectivity index (χ1v) is 6.20. The highest BCUT2D eigenvalue weighted by Crippen LogP contribution is 2.23. The molecule has 0 amide bonds. The lowest BCUT2D eigenvalue weighted by atomic mass is 10.1. The Morgan fingerprint density at radius 2 is 2.06 bits per heavy atom. The summed E-state index contributed by atoms with van der Waals surface area (Å²) >= 11 is 0. The Morgan fingerprint density at radius 1 is 1.33 bits per heavy atom. The standard InChI is InChI=1S/C14H22FNO2/c1-14(2,3)16-10-11-6-4-7-12(15)13(11)18-9-5-8-17/h4,6-7,16-17H,5,8-10H2,1-3H3. The largest absolute Gasteiger partial charge is 0.490 e. The zero-order valence-electron chi connectivity index (χ0n) is 11.3. The maximum Gasteiger partial charge on any atom is 0.165 e. The summed E-state index contributed by atoms with van der Waals surface area (Å²) < 4.78 is 19.1. The fraction of sp³-hybridized carbons (Fsp3) is 0.571. The Balaban J connectivity index is 2.73. The van der Waals surface area contributed by atoms with Gasteiger partial charge in [0, 0.05) is 30.7 Å². The normalized spacial score (nSPS) is 11.6. The molecule has 3 nitrogen and oxygen atoms in total. The fourth-order valence-electron chi connectivity index (χ4n) is 1.45. The number of hydrogen-bond donors (Lipinski definition) is 2. The molecule has 0 aliphatic heterocycles. The van der Waals surface area contributed by atoms with Crippen LogP contribution in [-0.4, -0.2) is 23.9 Å². The zero-order chi connectivity index (χ0) is 13.6. The Kier molecular flexibility index (Phi) is 5.56. The molecule has 4 heteroatoms. The van der Waals surface area contributed by atoms with E-state index in [1.165, 1.54) is 6.07 Å². The van der Waals surface area contributed by atoms with Gasteiger partial charge < -0.3 is 15.2 Å². The average Bonchev–Trinajstić information content (AvgIpc) is 2.28. The maximum atomic E-state index is 13.7. The van der Waals surface area contributed by atoms with E-state index in [-0.39, 0.29) is 23.7 Å². The molecule has 0 atom stereocenters. The molecule has 102 valence electrons. The molecule has 0 saturated carbocycles. The summed E-state index contributed by atoms with van der Waals surface area (Å²) in [6.45, 7) is 7.08. The van der Waals surface area contributed by atoms with Crippen LogP contribution < -0.4 is 10.1 Å². The third-order valence-electron chi connectivity index (χ3n) is 2.41. The van der Waals surface area contributed by atoms with E-state index in [0.717, 1.165) is 5.56 Å². The lowest BCUT2D eigenvalue weighted by Gasteiger charge is -2.21. The van der Waals surface area contributed by atoms with Gasteiger partial charge in [-0.15, -0.1) is 0 Å². The van der Waals surface area contributed by atoms with Crippen LogP contribution in [0.15, 0.2) is 18.2 Å². The van der Waals surface area contributed by atoms with Crippen molar-refractivity contribution in [1.29, 1.82) is 0 Å². The van der Waals surface area contributed by atoms with E-state index < -0.39 is 0 Å². The van der Waals surface area contributed by atoms with Crippen molar-refractivity contribution in [3.05, 3.63) is 29.6 Å². The number of benzene rings is 1. The van der Waals surface area contributed by atoms with Crippen molar-refractivity contribution in [2.45, 2.75) is 39.3 Å². The third kappa shape index (κ3) is 5.02. The highest BCUT2D eigenvalue weighted by molar-refractivity contribution is 5.35. The van der Waals surface area contributed by atoms with Gasteiger partial charge in [0.1, 0.15) is 0 Å². The van der Waals surface area contributed by atoms with Gasteiger partial charge in [-0.05, 0) is 26.8 Å². The summed E-state index contributed by atoms with van der Waals surface area (Å²) in [7, 11) is 0. The lowest BCUT2D eigenvalue weighted by Crippen LogP contribution is -2.35. The van der Waals surface area contributed by atoms with E-state index in [4.69, 9.17) is 9.84 Å². The van der Waals surface area contributed by atoms with E-state index >= 15 is 0 Å². The number of aliphatic hydroxyl groups is 1. The first-order chi connectivity index (χ1) is 8.44. The summed E-state index contributed by atoms with van der Waals surface area (Å²) in [6, 6.07) is 4.90. The summed E-state index contributed by atoms with van der Waals surface area (Å²) in [6.07, 6.45) is 0.500. The van der Waals surface area contributed by atoms with E-state index in [9.17, 15) is 4.39 Å². The van der Waals surface area contributed by atoms with Crippen LogP contribution in [0.2, 0.25) is 0 Å². The van der Waals surface area contributed by atoms with Crippen LogP contribution in [-0.2, 0) is 6.54 Å². The van der Waals surface area contributed by atoms with Crippen LogP contribution in [0.3, 0.4) is 0 Å². The Labute approximate surface area is 108 Å². The number of halogens is 1. The van der Waals surface area contributed by atoms with Crippen molar-refractivity contribution in [2.75, 3.05) is 13.2 Å². The second-order valence-corrected chi connectivity index (χ2v) is 5.26. The van der Waals surface area contributed by atoms with Crippen molar-refractivity contribution in [3.63, 3.8) is 0 Å². The summed E-state index contributed by atoms with van der Waals surface area (Å²) in [5, 5.41) is 12.0. The Bertz CT molecular complexity index is 375. The van der Waals surface area contributed by atoms with Crippen LogP contribution >= 0.6 is 0 Å². The van der Waals surface area contributed by atoms with Crippen molar-refractivity contribution in [2.24, 2.45) is 0 Å². The predicted octanol–water partition coefficient (Wildman–Crippen LogP) is 2.48. The van der Waals surface area contributed by atoms with Crippen molar-refractivity contribution in [3.8, 4) is 5.75 Å². The molecule has 18 heavy (non-hydrogen) atoms. The molecule has 0 spiro atoms. The van der Waals surface area contributed by atoms with Crippen molar-refractivity contribution < 1.29 is 14.2 Å². The van der Waals surface area contributed by atoms with Gasteiger partial charge in [-0.3, -0.25) is 0 Å². The molecule has 0 aliphatic carbocycles. The minimum Gasteiger partial charge on any atom is -0.490 e. The number of hydrogen-bond acceptors (Lipinski definition) is 3. The molecular formula is C14H22FNO2. The topological polar surface area (TPSA) is 41.5 Å². The molecule has 0 unspecified atom stereocenters. The van der Waals surface area contributed by atoms with Gasteiger partial charge in [0.05, 0.1) is 6.61 Å². The van der Waals surface area contributed by atoms with E-state index in [1.807, 2.05) is 6.07 Å². The van der Waals surface area contributed by atoms with E-state index in [2.05, 4.69) is 26.1 Å². The molecule has 1 rings (SSSR count). The number of para-hydroxylation sites is 1. The zero-order valence-corrected chi connectivity index (χ0v) is 11.3. The van der Waals surface area contributed by atoms with Crippen molar-refractivity contribution in [1.82, 2.24) is 5.32 Å². The van der Waals surface area contributed by atoms with Crippen LogP contribution in [0.25, 0.3) is 0 Å². The molecule has 0 fully saturated rings. The molecule has 0 aliphatic rings. The Morgan fingerprint density at radius 3 is 2.67 bits per heavy atom. The van der Waals surface area contributed by atoms with E-state index in [0.29, 0.717) is 19.6 Å². The highest BCUT2D eigenvalue weighted by Gasteiger charge is 2.13. The number of rotatable bonds is 6. The quantitative estimate of drug-likeness (QED) is 0.767. The summed E-state index contributed by atoms with van der Waals surface area (Å²) in [5.41, 5.74) is 0.761. The number of aliphatic hydroxyl groups excluding tert-OH is 1. The van der Waals surface area contributed by atoms with Crippen LogP contribution in [0, 0.1) is 5.82 Å². The van der Waals surface area contributed by atoms with Gasteiger partial charge in [-0.25, -0.2) is 4.39 Å². The molecule has 1 aromatic carbocycles. The maximum absolute atomic E-state index is 13.7. The molecule has 0 radical (unpaired) electrons. The fourth-order valence-corrected chi connectivity index (χ4v) is 1.45. The predicted molar refractivity (Wildman–Crippen MR) is 70.2 cm³/mol. The minimum atomic E-state index is -0.360. The van der Waals surface area contributed by atoms with Gasteiger partial charge in [-0.1, -0.05) is 12.1 Å². The molecule has 1 aromatic rings. The van der Waals surface area contributed by atoms with Gasteiger partial charge in [0.25, 0.3) is 0 Å². The van der Waals surface area contributed by atoms with Crippen LogP contribution in [0.1, 0.15) is 32.8 Å². The summed E-state index contributed by atoms with van der Waals surface area (Å²) in [4.78, 5) is 0. The van der Waals surface area contributed by atoms with Crippen LogP contribution in [0.5, 0.6) is 5.75 Å². The van der Waals surface area contributed by atoms with Crippen molar-refractivity contribution >= 4 is 0 Å². The molecule has 0 saturated heterocycles. The molecular weight excluding hydrogens is 233 g/mol. The SMILES string of the molecule is CC(C)(C)NCc1cccc(F)c1OCCCO. The van der Waals surface area contributed by atoms with E-state index in [1.54, 1.807) is 6.07 Å². The average molecular weight is 255 g/mol.